The summed E-state index contributed by atoms with van der Waals surface area (Å²) >= 11 is 0. The van der Waals surface area contributed by atoms with Crippen molar-refractivity contribution in [3.05, 3.63) is 23.5 Å². The minimum Gasteiger partial charge on any atom is -0.397 e. The molecule has 2 nitrogen and oxygen atoms in total. The Balaban J connectivity index is 3.31. The van der Waals surface area contributed by atoms with Gasteiger partial charge in [-0.15, -0.1) is 0 Å². The number of nitrogens with zero attached hydrogens (tertiary/aromatic N) is 1. The Kier molecular flexibility index (Phi) is 1.95. The summed E-state index contributed by atoms with van der Waals surface area (Å²) in [6, 6.07) is 0. The van der Waals surface area contributed by atoms with Gasteiger partial charge in [-0.1, -0.05) is 0 Å². The lowest BCUT2D eigenvalue weighted by Crippen LogP contribution is -2.11. The van der Waals surface area contributed by atoms with Crippen molar-refractivity contribution in [1.82, 2.24) is 4.98 Å². The molecule has 0 unspecified atom stereocenters. The summed E-state index contributed by atoms with van der Waals surface area (Å²) in [5, 5.41) is 0. The van der Waals surface area contributed by atoms with E-state index in [9.17, 15) is 13.2 Å². The van der Waals surface area contributed by atoms with Crippen molar-refractivity contribution in [1.29, 1.82) is 0 Å². The van der Waals surface area contributed by atoms with Crippen molar-refractivity contribution < 1.29 is 13.2 Å². The number of halogens is 3. The van der Waals surface area contributed by atoms with Crippen molar-refractivity contribution >= 4 is 5.69 Å². The Labute approximate surface area is 67.2 Å². The molecule has 0 aliphatic heterocycles. The van der Waals surface area contributed by atoms with Crippen LogP contribution < -0.4 is 5.73 Å². The average Bonchev–Trinajstić information content (AvgIpc) is 1.82. The van der Waals surface area contributed by atoms with Gasteiger partial charge in [-0.05, 0) is 12.5 Å². The minimum atomic E-state index is -4.39. The molecule has 1 aromatic rings. The average molecular weight is 176 g/mol. The Morgan fingerprint density at radius 3 is 2.25 bits per heavy atom. The summed E-state index contributed by atoms with van der Waals surface area (Å²) in [5.41, 5.74) is 4.04. The molecule has 0 aliphatic rings. The van der Waals surface area contributed by atoms with Crippen LogP contribution in [0.4, 0.5) is 18.9 Å². The molecule has 2 N–H and O–H groups in total. The molecule has 1 aromatic heterocycles. The van der Waals surface area contributed by atoms with Crippen LogP contribution in [0.15, 0.2) is 12.4 Å². The predicted molar refractivity (Wildman–Crippen MR) is 38.4 cm³/mol. The fraction of sp³-hybridized carbons (Fsp3) is 0.286. The smallest absolute Gasteiger partial charge is 0.397 e. The van der Waals surface area contributed by atoms with Crippen LogP contribution in [0, 0.1) is 6.92 Å². The maximum atomic E-state index is 12.2. The van der Waals surface area contributed by atoms with Crippen LogP contribution in [0.2, 0.25) is 0 Å². The van der Waals surface area contributed by atoms with E-state index in [2.05, 4.69) is 4.98 Å². The molecule has 66 valence electrons. The Bertz CT molecular complexity index is 273. The lowest BCUT2D eigenvalue weighted by atomic mass is 10.1. The molecule has 0 aliphatic carbocycles. The lowest BCUT2D eigenvalue weighted by molar-refractivity contribution is -0.137. The molecule has 0 aromatic carbocycles. The van der Waals surface area contributed by atoms with E-state index in [1.54, 1.807) is 0 Å². The van der Waals surface area contributed by atoms with Gasteiger partial charge in [-0.2, -0.15) is 13.2 Å². The molecule has 5 heteroatoms. The van der Waals surface area contributed by atoms with Crippen LogP contribution in [0.25, 0.3) is 0 Å². The van der Waals surface area contributed by atoms with E-state index in [0.29, 0.717) is 0 Å². The highest BCUT2D eigenvalue weighted by molar-refractivity contribution is 5.49. The highest BCUT2D eigenvalue weighted by Crippen LogP contribution is 2.34. The number of rotatable bonds is 0. The zero-order chi connectivity index (χ0) is 9.35. The van der Waals surface area contributed by atoms with Gasteiger partial charge in [0.1, 0.15) is 0 Å². The number of hydrogen-bond donors (Lipinski definition) is 1. The van der Waals surface area contributed by atoms with Gasteiger partial charge in [0.2, 0.25) is 0 Å². The summed E-state index contributed by atoms with van der Waals surface area (Å²) < 4.78 is 36.6. The second-order valence-corrected chi connectivity index (χ2v) is 2.42. The second-order valence-electron chi connectivity index (χ2n) is 2.42. The fourth-order valence-electron chi connectivity index (χ4n) is 0.973. The van der Waals surface area contributed by atoms with E-state index in [4.69, 9.17) is 5.73 Å². The predicted octanol–water partition coefficient (Wildman–Crippen LogP) is 1.99. The van der Waals surface area contributed by atoms with Gasteiger partial charge >= 0.3 is 6.18 Å². The summed E-state index contributed by atoms with van der Waals surface area (Å²) in [4.78, 5) is 3.53. The van der Waals surface area contributed by atoms with Gasteiger partial charge in [0.15, 0.2) is 0 Å². The van der Waals surface area contributed by atoms with Gasteiger partial charge in [-0.3, -0.25) is 4.98 Å². The highest BCUT2D eigenvalue weighted by atomic mass is 19.4. The Morgan fingerprint density at radius 1 is 1.33 bits per heavy atom. The number of pyridine rings is 1. The van der Waals surface area contributed by atoms with E-state index in [1.165, 1.54) is 6.92 Å². The van der Waals surface area contributed by atoms with Crippen LogP contribution in [0.3, 0.4) is 0 Å². The number of alkyl halides is 3. The molecular weight excluding hydrogens is 169 g/mol. The standard InChI is InChI=1S/C7H7F3N2/c1-4-2-12-3-5(11)6(4)7(8,9)10/h2-3H,11H2,1H3. The van der Waals surface area contributed by atoms with Crippen LogP contribution in [0.1, 0.15) is 11.1 Å². The van der Waals surface area contributed by atoms with Gasteiger partial charge in [0, 0.05) is 6.20 Å². The molecule has 0 atom stereocenters. The third kappa shape index (κ3) is 1.49. The summed E-state index contributed by atoms with van der Waals surface area (Å²) in [6.45, 7) is 1.33. The molecule has 0 fully saturated rings. The first kappa shape index (κ1) is 8.83. The van der Waals surface area contributed by atoms with Crippen LogP contribution in [0.5, 0.6) is 0 Å². The first-order valence-electron chi connectivity index (χ1n) is 3.20. The molecule has 0 saturated heterocycles. The number of hydrogen-bond acceptors (Lipinski definition) is 2. The first-order valence-corrected chi connectivity index (χ1v) is 3.20. The third-order valence-electron chi connectivity index (χ3n) is 1.45. The summed E-state index contributed by atoms with van der Waals surface area (Å²) in [7, 11) is 0. The molecule has 0 saturated carbocycles. The zero-order valence-corrected chi connectivity index (χ0v) is 6.31. The van der Waals surface area contributed by atoms with Crippen LogP contribution in [-0.4, -0.2) is 4.98 Å². The third-order valence-corrected chi connectivity index (χ3v) is 1.45. The van der Waals surface area contributed by atoms with E-state index in [1.807, 2.05) is 0 Å². The van der Waals surface area contributed by atoms with Crippen molar-refractivity contribution in [3.63, 3.8) is 0 Å². The number of nitrogen functional groups attached to an aromatic ring is 1. The Morgan fingerprint density at radius 2 is 1.92 bits per heavy atom. The van der Waals surface area contributed by atoms with Crippen molar-refractivity contribution in [2.75, 3.05) is 5.73 Å². The van der Waals surface area contributed by atoms with E-state index in [0.717, 1.165) is 12.4 Å². The SMILES string of the molecule is Cc1cncc(N)c1C(F)(F)F. The number of anilines is 1. The largest absolute Gasteiger partial charge is 0.418 e. The van der Waals surface area contributed by atoms with Gasteiger partial charge in [0.05, 0.1) is 17.4 Å². The number of aryl methyl sites for hydroxylation is 1. The maximum absolute atomic E-state index is 12.2. The topological polar surface area (TPSA) is 38.9 Å². The molecule has 0 radical (unpaired) electrons. The van der Waals surface area contributed by atoms with E-state index >= 15 is 0 Å². The Hall–Kier alpha value is -1.26. The summed E-state index contributed by atoms with van der Waals surface area (Å²) in [6.07, 6.45) is -2.26. The number of nitrogens with two attached hydrogens (primary N) is 1. The zero-order valence-electron chi connectivity index (χ0n) is 6.31. The van der Waals surface area contributed by atoms with Crippen LogP contribution in [-0.2, 0) is 6.18 Å². The molecule has 0 spiro atoms. The maximum Gasteiger partial charge on any atom is 0.418 e. The molecule has 1 rings (SSSR count). The van der Waals surface area contributed by atoms with Crippen molar-refractivity contribution in [2.24, 2.45) is 0 Å². The molecular formula is C7H7F3N2. The van der Waals surface area contributed by atoms with Gasteiger partial charge in [-0.25, -0.2) is 0 Å². The van der Waals surface area contributed by atoms with E-state index in [-0.39, 0.29) is 11.3 Å². The highest BCUT2D eigenvalue weighted by Gasteiger charge is 2.34. The van der Waals surface area contributed by atoms with Crippen LogP contribution >= 0.6 is 0 Å². The molecule has 0 amide bonds. The molecule has 12 heavy (non-hydrogen) atoms. The quantitative estimate of drug-likeness (QED) is 0.656. The molecule has 1 heterocycles. The fourth-order valence-corrected chi connectivity index (χ4v) is 0.973. The van der Waals surface area contributed by atoms with Crippen molar-refractivity contribution in [3.8, 4) is 0 Å². The molecule has 0 bridgehead atoms. The summed E-state index contributed by atoms with van der Waals surface area (Å²) in [5.74, 6) is 0. The van der Waals surface area contributed by atoms with Gasteiger partial charge < -0.3 is 5.73 Å². The van der Waals surface area contributed by atoms with Gasteiger partial charge in [0.25, 0.3) is 0 Å². The normalized spacial score (nSPS) is 11.7. The second kappa shape index (κ2) is 2.66. The minimum absolute atomic E-state index is 0.0440. The first-order chi connectivity index (χ1) is 5.43. The van der Waals surface area contributed by atoms with Crippen molar-refractivity contribution in [2.45, 2.75) is 13.1 Å². The monoisotopic (exact) mass is 176 g/mol. The lowest BCUT2D eigenvalue weighted by Gasteiger charge is -2.11. The van der Waals surface area contributed by atoms with E-state index < -0.39 is 11.7 Å². The number of aromatic nitrogens is 1.